The predicted molar refractivity (Wildman–Crippen MR) is 72.3 cm³/mol. The normalized spacial score (nSPS) is 11.4. The van der Waals surface area contributed by atoms with Crippen LogP contribution in [-0.2, 0) is 22.0 Å². The summed E-state index contributed by atoms with van der Waals surface area (Å²) in [5.74, 6) is 0. The van der Waals surface area contributed by atoms with Crippen LogP contribution in [0.15, 0.2) is 45.2 Å². The van der Waals surface area contributed by atoms with Gasteiger partial charge in [0.15, 0.2) is 4.90 Å². The van der Waals surface area contributed by atoms with Gasteiger partial charge in [0.05, 0.1) is 0 Å². The number of aromatic nitrogens is 3. The molecule has 0 bridgehead atoms. The molecule has 0 spiro atoms. The van der Waals surface area contributed by atoms with Gasteiger partial charge in [-0.05, 0) is 24.1 Å². The zero-order valence-corrected chi connectivity index (χ0v) is 11.7. The van der Waals surface area contributed by atoms with Gasteiger partial charge in [-0.2, -0.15) is 0 Å². The summed E-state index contributed by atoms with van der Waals surface area (Å²) in [6, 6.07) is 3.55. The summed E-state index contributed by atoms with van der Waals surface area (Å²) < 4.78 is 23.5. The Bertz CT molecular complexity index is 827. The van der Waals surface area contributed by atoms with E-state index in [0.717, 1.165) is 16.3 Å². The van der Waals surface area contributed by atoms with E-state index >= 15 is 0 Å². The Morgan fingerprint density at radius 1 is 1.25 bits per heavy atom. The zero-order chi connectivity index (χ0) is 14.8. The number of rotatable bonds is 4. The zero-order valence-electron chi connectivity index (χ0n) is 10.1. The minimum Gasteiger partial charge on any atom is -0.299 e. The van der Waals surface area contributed by atoms with Crippen LogP contribution in [0.25, 0.3) is 0 Å². The SMILES string of the molecule is O=c1[nH]c(=O)n(CCc2ccncc2)cc1S(=O)(=O)Cl. The average Bonchev–Trinajstić information content (AvgIpc) is 2.37. The second kappa shape index (κ2) is 5.59. The molecule has 2 aromatic rings. The molecule has 0 amide bonds. The van der Waals surface area contributed by atoms with E-state index in [1.54, 1.807) is 24.5 Å². The lowest BCUT2D eigenvalue weighted by Gasteiger charge is -2.06. The van der Waals surface area contributed by atoms with E-state index in [-0.39, 0.29) is 6.54 Å². The molecule has 0 unspecified atom stereocenters. The van der Waals surface area contributed by atoms with Crippen LogP contribution in [0.2, 0.25) is 0 Å². The maximum absolute atomic E-state index is 11.6. The molecule has 7 nitrogen and oxygen atoms in total. The molecule has 0 saturated heterocycles. The first-order valence-electron chi connectivity index (χ1n) is 5.55. The molecular weight excluding hydrogens is 306 g/mol. The van der Waals surface area contributed by atoms with Crippen molar-refractivity contribution in [1.82, 2.24) is 14.5 Å². The van der Waals surface area contributed by atoms with Crippen molar-refractivity contribution in [3.8, 4) is 0 Å². The third-order valence-corrected chi connectivity index (χ3v) is 3.95. The average molecular weight is 316 g/mol. The molecule has 0 aliphatic carbocycles. The molecule has 0 radical (unpaired) electrons. The Kier molecular flexibility index (Phi) is 4.05. The molecule has 0 aliphatic rings. The Hall–Kier alpha value is -1.93. The molecule has 0 saturated carbocycles. The summed E-state index contributed by atoms with van der Waals surface area (Å²) in [7, 11) is 0.937. The predicted octanol–water partition coefficient (Wildman–Crippen LogP) is 0.102. The minimum absolute atomic E-state index is 0.207. The number of hydrogen-bond donors (Lipinski definition) is 1. The monoisotopic (exact) mass is 315 g/mol. The van der Waals surface area contributed by atoms with Crippen LogP contribution in [0, 0.1) is 0 Å². The fraction of sp³-hybridized carbons (Fsp3) is 0.182. The van der Waals surface area contributed by atoms with Gasteiger partial charge in [0.1, 0.15) is 0 Å². The first-order valence-corrected chi connectivity index (χ1v) is 7.86. The summed E-state index contributed by atoms with van der Waals surface area (Å²) in [6.07, 6.45) is 4.65. The molecule has 9 heteroatoms. The Morgan fingerprint density at radius 2 is 1.90 bits per heavy atom. The fourth-order valence-corrected chi connectivity index (χ4v) is 2.48. The van der Waals surface area contributed by atoms with Gasteiger partial charge in [0.25, 0.3) is 14.6 Å². The molecule has 2 aromatic heterocycles. The molecule has 0 fully saturated rings. The highest BCUT2D eigenvalue weighted by Crippen LogP contribution is 2.08. The van der Waals surface area contributed by atoms with E-state index < -0.39 is 25.2 Å². The molecule has 0 atom stereocenters. The number of hydrogen-bond acceptors (Lipinski definition) is 5. The second-order valence-corrected chi connectivity index (χ2v) is 6.52. The van der Waals surface area contributed by atoms with Crippen molar-refractivity contribution in [3.63, 3.8) is 0 Å². The van der Waals surface area contributed by atoms with Crippen molar-refractivity contribution in [2.45, 2.75) is 17.9 Å². The van der Waals surface area contributed by atoms with Crippen molar-refractivity contribution in [1.29, 1.82) is 0 Å². The van der Waals surface area contributed by atoms with Crippen LogP contribution in [0.5, 0.6) is 0 Å². The summed E-state index contributed by atoms with van der Waals surface area (Å²) in [5.41, 5.74) is -0.785. The molecule has 2 heterocycles. The molecule has 1 N–H and O–H groups in total. The van der Waals surface area contributed by atoms with Gasteiger partial charge < -0.3 is 0 Å². The van der Waals surface area contributed by atoms with E-state index in [9.17, 15) is 18.0 Å². The van der Waals surface area contributed by atoms with E-state index in [1.165, 1.54) is 0 Å². The highest BCUT2D eigenvalue weighted by atomic mass is 35.7. The number of halogens is 1. The van der Waals surface area contributed by atoms with Crippen LogP contribution in [0.4, 0.5) is 0 Å². The number of nitrogens with one attached hydrogen (secondary N) is 1. The van der Waals surface area contributed by atoms with Gasteiger partial charge in [-0.3, -0.25) is 19.3 Å². The largest absolute Gasteiger partial charge is 0.328 e. The topological polar surface area (TPSA) is 102 Å². The first-order chi connectivity index (χ1) is 9.38. The lowest BCUT2D eigenvalue weighted by atomic mass is 10.2. The number of pyridine rings is 1. The highest BCUT2D eigenvalue weighted by Gasteiger charge is 2.17. The van der Waals surface area contributed by atoms with Crippen molar-refractivity contribution in [2.24, 2.45) is 0 Å². The highest BCUT2D eigenvalue weighted by molar-refractivity contribution is 8.13. The smallest absolute Gasteiger partial charge is 0.299 e. The standard InChI is InChI=1S/C11H10ClN3O4S/c12-20(18,19)9-7-15(11(17)14-10(9)16)6-3-8-1-4-13-5-2-8/h1-2,4-5,7H,3,6H2,(H,14,16,17). The van der Waals surface area contributed by atoms with E-state index in [0.29, 0.717) is 6.42 Å². The van der Waals surface area contributed by atoms with Crippen LogP contribution in [-0.4, -0.2) is 23.0 Å². The van der Waals surface area contributed by atoms with Crippen molar-refractivity contribution in [3.05, 3.63) is 57.1 Å². The van der Waals surface area contributed by atoms with Gasteiger partial charge in [-0.15, -0.1) is 0 Å². The molecule has 2 rings (SSSR count). The number of aromatic amines is 1. The van der Waals surface area contributed by atoms with Gasteiger partial charge >= 0.3 is 5.69 Å². The minimum atomic E-state index is -4.20. The van der Waals surface area contributed by atoms with Crippen molar-refractivity contribution >= 4 is 19.7 Å². The Labute approximate surface area is 118 Å². The number of H-pyrrole nitrogens is 1. The van der Waals surface area contributed by atoms with Crippen LogP contribution in [0.3, 0.4) is 0 Å². The quantitative estimate of drug-likeness (QED) is 0.806. The van der Waals surface area contributed by atoms with Crippen LogP contribution < -0.4 is 11.2 Å². The molecule has 20 heavy (non-hydrogen) atoms. The molecule has 0 aliphatic heterocycles. The number of nitrogens with zero attached hydrogens (tertiary/aromatic N) is 2. The number of aryl methyl sites for hydroxylation is 2. The van der Waals surface area contributed by atoms with Crippen LogP contribution in [0.1, 0.15) is 5.56 Å². The summed E-state index contributed by atoms with van der Waals surface area (Å²) >= 11 is 0. The lowest BCUT2D eigenvalue weighted by molar-refractivity contribution is 0.596. The Balaban J connectivity index is 2.33. The van der Waals surface area contributed by atoms with Gasteiger partial charge in [0, 0.05) is 35.8 Å². The van der Waals surface area contributed by atoms with Gasteiger partial charge in [-0.25, -0.2) is 13.2 Å². The van der Waals surface area contributed by atoms with Crippen molar-refractivity contribution in [2.75, 3.05) is 0 Å². The molecule has 0 aromatic carbocycles. The molecule has 106 valence electrons. The first kappa shape index (κ1) is 14.5. The summed E-state index contributed by atoms with van der Waals surface area (Å²) in [4.78, 5) is 28.1. The maximum atomic E-state index is 11.6. The van der Waals surface area contributed by atoms with E-state index in [4.69, 9.17) is 10.7 Å². The second-order valence-electron chi connectivity index (χ2n) is 3.99. The van der Waals surface area contributed by atoms with E-state index in [1.807, 2.05) is 4.98 Å². The lowest BCUT2D eigenvalue weighted by Crippen LogP contribution is -2.32. The van der Waals surface area contributed by atoms with Crippen LogP contribution >= 0.6 is 10.7 Å². The summed E-state index contributed by atoms with van der Waals surface area (Å²) in [5, 5.41) is 0. The fourth-order valence-electron chi connectivity index (χ4n) is 1.63. The Morgan fingerprint density at radius 3 is 2.50 bits per heavy atom. The third-order valence-electron chi connectivity index (χ3n) is 2.63. The molecular formula is C11H10ClN3O4S. The van der Waals surface area contributed by atoms with Gasteiger partial charge in [0.2, 0.25) is 0 Å². The maximum Gasteiger partial charge on any atom is 0.328 e. The van der Waals surface area contributed by atoms with Gasteiger partial charge in [-0.1, -0.05) is 0 Å². The summed E-state index contributed by atoms with van der Waals surface area (Å²) in [6.45, 7) is 0.207. The van der Waals surface area contributed by atoms with Crippen molar-refractivity contribution < 1.29 is 8.42 Å². The van der Waals surface area contributed by atoms with E-state index in [2.05, 4.69) is 4.98 Å². The third kappa shape index (κ3) is 3.34.